The zero-order valence-corrected chi connectivity index (χ0v) is 13.0. The summed E-state index contributed by atoms with van der Waals surface area (Å²) in [6.07, 6.45) is 0. The molecule has 0 fully saturated rings. The Morgan fingerprint density at radius 1 is 1.22 bits per heavy atom. The van der Waals surface area contributed by atoms with Crippen molar-refractivity contribution in [3.63, 3.8) is 0 Å². The van der Waals surface area contributed by atoms with E-state index in [1.54, 1.807) is 28.8 Å². The number of para-hydroxylation sites is 1. The highest BCUT2D eigenvalue weighted by atomic mass is 19.1. The number of hydrogen-bond acceptors (Lipinski definition) is 3. The maximum Gasteiger partial charge on any atom is 0.244 e. The van der Waals surface area contributed by atoms with E-state index in [9.17, 15) is 9.18 Å². The number of carbonyl (C=O) groups excluding carboxylic acids is 1. The number of rotatable bonds is 4. The van der Waals surface area contributed by atoms with Gasteiger partial charge in [-0.3, -0.25) is 4.79 Å². The fourth-order valence-corrected chi connectivity index (χ4v) is 2.45. The highest BCUT2D eigenvalue weighted by molar-refractivity contribution is 5.80. The van der Waals surface area contributed by atoms with Crippen LogP contribution in [0.25, 0.3) is 11.0 Å². The van der Waals surface area contributed by atoms with Crippen LogP contribution in [0.3, 0.4) is 0 Å². The molecule has 23 heavy (non-hydrogen) atoms. The normalized spacial score (nSPS) is 12.3. The lowest BCUT2D eigenvalue weighted by atomic mass is 10.1. The quantitative estimate of drug-likeness (QED) is 0.744. The second kappa shape index (κ2) is 6.16. The van der Waals surface area contributed by atoms with E-state index in [2.05, 4.69) is 10.3 Å². The van der Waals surface area contributed by atoms with Gasteiger partial charge in [-0.1, -0.05) is 29.5 Å². The van der Waals surface area contributed by atoms with Gasteiger partial charge >= 0.3 is 0 Å². The fourth-order valence-electron chi connectivity index (χ4n) is 2.45. The molecule has 0 saturated heterocycles. The number of aromatic nitrogens is 3. The maximum absolute atomic E-state index is 13.0. The molecule has 0 aliphatic rings. The van der Waals surface area contributed by atoms with Crippen molar-refractivity contribution in [3.8, 4) is 0 Å². The first-order chi connectivity index (χ1) is 11.1. The van der Waals surface area contributed by atoms with Gasteiger partial charge in [-0.05, 0) is 36.8 Å². The summed E-state index contributed by atoms with van der Waals surface area (Å²) in [7, 11) is 1.73. The molecule has 0 saturated carbocycles. The molecule has 118 valence electrons. The summed E-state index contributed by atoms with van der Waals surface area (Å²) in [6, 6.07) is 13.5. The van der Waals surface area contributed by atoms with E-state index >= 15 is 0 Å². The van der Waals surface area contributed by atoms with Crippen molar-refractivity contribution in [2.24, 2.45) is 0 Å². The van der Waals surface area contributed by atoms with E-state index in [1.807, 2.05) is 31.2 Å². The number of nitrogens with zero attached hydrogens (tertiary/aromatic N) is 4. The zero-order valence-electron chi connectivity index (χ0n) is 13.0. The number of likely N-dealkylation sites (N-methyl/N-ethyl adjacent to an activating group) is 1. The maximum atomic E-state index is 13.0. The molecule has 0 radical (unpaired) electrons. The van der Waals surface area contributed by atoms with Gasteiger partial charge in [0.2, 0.25) is 5.91 Å². The Morgan fingerprint density at radius 2 is 1.91 bits per heavy atom. The predicted molar refractivity (Wildman–Crippen MR) is 85.1 cm³/mol. The summed E-state index contributed by atoms with van der Waals surface area (Å²) < 4.78 is 14.6. The summed E-state index contributed by atoms with van der Waals surface area (Å²) in [6.45, 7) is 2.02. The van der Waals surface area contributed by atoms with Crippen molar-refractivity contribution in [2.75, 3.05) is 7.05 Å². The molecule has 1 unspecified atom stereocenters. The number of carbonyl (C=O) groups is 1. The minimum atomic E-state index is -0.288. The molecule has 0 bridgehead atoms. The van der Waals surface area contributed by atoms with Gasteiger partial charge in [0.25, 0.3) is 0 Å². The molecular weight excluding hydrogens is 295 g/mol. The Bertz CT molecular complexity index is 828. The standard InChI is InChI=1S/C17H17FN4O/c1-12(13-7-9-14(18)10-8-13)21(2)17(23)11-22-16-6-4-3-5-15(16)19-20-22/h3-10,12H,11H2,1-2H3. The van der Waals surface area contributed by atoms with Gasteiger partial charge in [-0.2, -0.15) is 0 Å². The number of halogens is 1. The zero-order chi connectivity index (χ0) is 16.4. The molecule has 0 N–H and O–H groups in total. The highest BCUT2D eigenvalue weighted by Crippen LogP contribution is 2.19. The fraction of sp³-hybridized carbons (Fsp3) is 0.235. The Morgan fingerprint density at radius 3 is 2.65 bits per heavy atom. The lowest BCUT2D eigenvalue weighted by molar-refractivity contribution is -0.132. The molecule has 3 rings (SSSR count). The Hall–Kier alpha value is -2.76. The Kier molecular flexibility index (Phi) is 4.06. The van der Waals surface area contributed by atoms with Gasteiger partial charge in [-0.15, -0.1) is 5.10 Å². The first-order valence-electron chi connectivity index (χ1n) is 7.35. The van der Waals surface area contributed by atoms with E-state index in [-0.39, 0.29) is 24.3 Å². The van der Waals surface area contributed by atoms with Crippen LogP contribution in [-0.4, -0.2) is 32.8 Å². The molecule has 3 aromatic rings. The molecular formula is C17H17FN4O. The number of benzene rings is 2. The molecule has 0 spiro atoms. The Labute approximate surface area is 133 Å². The molecule has 1 atom stereocenters. The van der Waals surface area contributed by atoms with Crippen LogP contribution in [-0.2, 0) is 11.3 Å². The van der Waals surface area contributed by atoms with Crippen LogP contribution in [0.5, 0.6) is 0 Å². The third kappa shape index (κ3) is 3.06. The molecule has 6 heteroatoms. The minimum absolute atomic E-state index is 0.0857. The van der Waals surface area contributed by atoms with Crippen LogP contribution in [0, 0.1) is 5.82 Å². The van der Waals surface area contributed by atoms with Crippen LogP contribution in [0.2, 0.25) is 0 Å². The molecule has 1 heterocycles. The third-order valence-electron chi connectivity index (χ3n) is 4.03. The molecule has 5 nitrogen and oxygen atoms in total. The summed E-state index contributed by atoms with van der Waals surface area (Å²) in [5, 5.41) is 8.08. The van der Waals surface area contributed by atoms with Crippen LogP contribution in [0.1, 0.15) is 18.5 Å². The van der Waals surface area contributed by atoms with Gasteiger partial charge in [0.1, 0.15) is 17.9 Å². The minimum Gasteiger partial charge on any atom is -0.337 e. The van der Waals surface area contributed by atoms with E-state index in [4.69, 9.17) is 0 Å². The van der Waals surface area contributed by atoms with Crippen LogP contribution < -0.4 is 0 Å². The SMILES string of the molecule is CC(c1ccc(F)cc1)N(C)C(=O)Cn1nnc2ccccc21. The van der Waals surface area contributed by atoms with Gasteiger partial charge in [0, 0.05) is 7.05 Å². The van der Waals surface area contributed by atoms with E-state index in [0.29, 0.717) is 0 Å². The van der Waals surface area contributed by atoms with Crippen LogP contribution in [0.15, 0.2) is 48.5 Å². The number of amides is 1. The van der Waals surface area contributed by atoms with Crippen molar-refractivity contribution in [2.45, 2.75) is 19.5 Å². The average molecular weight is 312 g/mol. The lowest BCUT2D eigenvalue weighted by Gasteiger charge is -2.25. The second-order valence-electron chi connectivity index (χ2n) is 5.47. The van der Waals surface area contributed by atoms with Crippen molar-refractivity contribution in [3.05, 3.63) is 59.9 Å². The topological polar surface area (TPSA) is 51.0 Å². The molecule has 2 aromatic carbocycles. The first-order valence-corrected chi connectivity index (χ1v) is 7.35. The molecule has 0 aliphatic carbocycles. The van der Waals surface area contributed by atoms with Gasteiger partial charge in [0.05, 0.1) is 11.6 Å². The smallest absolute Gasteiger partial charge is 0.244 e. The van der Waals surface area contributed by atoms with Crippen LogP contribution in [0.4, 0.5) is 4.39 Å². The monoisotopic (exact) mass is 312 g/mol. The first kappa shape index (κ1) is 15.1. The van der Waals surface area contributed by atoms with E-state index < -0.39 is 0 Å². The average Bonchev–Trinajstić information content (AvgIpc) is 2.97. The largest absolute Gasteiger partial charge is 0.337 e. The van der Waals surface area contributed by atoms with Crippen LogP contribution >= 0.6 is 0 Å². The summed E-state index contributed by atoms with van der Waals surface area (Å²) >= 11 is 0. The van der Waals surface area contributed by atoms with Crippen molar-refractivity contribution >= 4 is 16.9 Å². The molecule has 1 amide bonds. The molecule has 1 aromatic heterocycles. The van der Waals surface area contributed by atoms with Crippen molar-refractivity contribution < 1.29 is 9.18 Å². The summed E-state index contributed by atoms with van der Waals surface area (Å²) in [5.74, 6) is -0.374. The number of hydrogen-bond donors (Lipinski definition) is 0. The summed E-state index contributed by atoms with van der Waals surface area (Å²) in [5.41, 5.74) is 2.46. The third-order valence-corrected chi connectivity index (χ3v) is 4.03. The predicted octanol–water partition coefficient (Wildman–Crippen LogP) is 2.79. The van der Waals surface area contributed by atoms with Crippen molar-refractivity contribution in [1.29, 1.82) is 0 Å². The van der Waals surface area contributed by atoms with Gasteiger partial charge in [-0.25, -0.2) is 9.07 Å². The highest BCUT2D eigenvalue weighted by Gasteiger charge is 2.19. The molecule has 0 aliphatic heterocycles. The van der Waals surface area contributed by atoms with Gasteiger partial charge < -0.3 is 4.90 Å². The van der Waals surface area contributed by atoms with Gasteiger partial charge in [0.15, 0.2) is 0 Å². The Balaban J connectivity index is 1.75. The lowest BCUT2D eigenvalue weighted by Crippen LogP contribution is -2.32. The summed E-state index contributed by atoms with van der Waals surface area (Å²) in [4.78, 5) is 14.1. The van der Waals surface area contributed by atoms with Crippen molar-refractivity contribution in [1.82, 2.24) is 19.9 Å². The van der Waals surface area contributed by atoms with E-state index in [1.165, 1.54) is 12.1 Å². The number of fused-ring (bicyclic) bond motifs is 1. The second-order valence-corrected chi connectivity index (χ2v) is 5.47. The van der Waals surface area contributed by atoms with E-state index in [0.717, 1.165) is 16.6 Å².